The maximum atomic E-state index is 11.7. The Kier molecular flexibility index (Phi) is 4.01. The fourth-order valence-corrected chi connectivity index (χ4v) is 5.73. The minimum Gasteiger partial charge on any atom is -0.265 e. The van der Waals surface area contributed by atoms with E-state index in [1.807, 2.05) is 18.2 Å². The van der Waals surface area contributed by atoms with Crippen LogP contribution in [0.1, 0.15) is 17.2 Å². The summed E-state index contributed by atoms with van der Waals surface area (Å²) >= 11 is 4.47. The topological polar surface area (TPSA) is 17.1 Å². The number of benzene rings is 1. The van der Waals surface area contributed by atoms with Crippen LogP contribution in [0.2, 0.25) is 0 Å². The van der Waals surface area contributed by atoms with Gasteiger partial charge in [-0.15, -0.1) is 0 Å². The molecule has 1 aliphatic rings. The van der Waals surface area contributed by atoms with Crippen LogP contribution in [0, 0.1) is 0 Å². The van der Waals surface area contributed by atoms with E-state index in [0.717, 1.165) is 10.6 Å². The molecular formula is C15H12OS3. The zero-order valence-electron chi connectivity index (χ0n) is 10.1. The lowest BCUT2D eigenvalue weighted by atomic mass is 10.0. The Morgan fingerprint density at radius 1 is 1.11 bits per heavy atom. The molecule has 0 bridgehead atoms. The molecule has 0 spiro atoms. The van der Waals surface area contributed by atoms with Crippen LogP contribution < -0.4 is 4.06 Å². The molecule has 0 radical (unpaired) electrons. The van der Waals surface area contributed by atoms with Crippen molar-refractivity contribution >= 4 is 34.4 Å². The van der Waals surface area contributed by atoms with E-state index >= 15 is 0 Å². The zero-order valence-corrected chi connectivity index (χ0v) is 12.6. The van der Waals surface area contributed by atoms with Crippen LogP contribution in [0.5, 0.6) is 0 Å². The van der Waals surface area contributed by atoms with Crippen LogP contribution >= 0.6 is 34.4 Å². The molecule has 1 aromatic carbocycles. The summed E-state index contributed by atoms with van der Waals surface area (Å²) in [4.78, 5) is 14.1. The molecule has 96 valence electrons. The van der Waals surface area contributed by atoms with Gasteiger partial charge in [0.05, 0.1) is 4.21 Å². The van der Waals surface area contributed by atoms with E-state index in [-0.39, 0.29) is 4.06 Å². The lowest BCUT2D eigenvalue weighted by molar-refractivity contribution is 0.861. The first-order valence-electron chi connectivity index (χ1n) is 6.03. The van der Waals surface area contributed by atoms with Gasteiger partial charge in [0.2, 0.25) is 0 Å². The molecule has 3 rings (SSSR count). The monoisotopic (exact) mass is 304 g/mol. The molecule has 1 aliphatic carbocycles. The van der Waals surface area contributed by atoms with Crippen molar-refractivity contribution in [2.45, 2.75) is 21.4 Å². The molecule has 1 nitrogen and oxygen atoms in total. The molecule has 0 saturated carbocycles. The van der Waals surface area contributed by atoms with Gasteiger partial charge in [-0.3, -0.25) is 4.79 Å². The second-order valence-corrected chi connectivity index (χ2v) is 7.77. The molecule has 4 heteroatoms. The Morgan fingerprint density at radius 3 is 2.68 bits per heavy atom. The minimum atomic E-state index is 0.191. The largest absolute Gasteiger partial charge is 0.288 e. The highest BCUT2D eigenvalue weighted by Gasteiger charge is 2.18. The Morgan fingerprint density at radius 2 is 1.95 bits per heavy atom. The quantitative estimate of drug-likeness (QED) is 0.800. The second kappa shape index (κ2) is 5.90. The molecule has 2 aromatic rings. The Hall–Kier alpha value is -1.10. The average molecular weight is 304 g/mol. The van der Waals surface area contributed by atoms with Crippen LogP contribution in [-0.2, 0) is 0 Å². The van der Waals surface area contributed by atoms with Crippen molar-refractivity contribution in [1.82, 2.24) is 0 Å². The smallest absolute Gasteiger partial charge is 0.265 e. The van der Waals surface area contributed by atoms with E-state index in [9.17, 15) is 4.79 Å². The summed E-state index contributed by atoms with van der Waals surface area (Å²) in [5.41, 5.74) is 0. The van der Waals surface area contributed by atoms with E-state index in [4.69, 9.17) is 0 Å². The minimum absolute atomic E-state index is 0.191. The van der Waals surface area contributed by atoms with Crippen molar-refractivity contribution in [3.05, 3.63) is 68.4 Å². The van der Waals surface area contributed by atoms with E-state index in [0.29, 0.717) is 5.92 Å². The molecule has 0 saturated heterocycles. The third kappa shape index (κ3) is 3.08. The van der Waals surface area contributed by atoms with E-state index in [1.54, 1.807) is 11.8 Å². The predicted octanol–water partition coefficient (Wildman–Crippen LogP) is 4.92. The predicted molar refractivity (Wildman–Crippen MR) is 84.7 cm³/mol. The summed E-state index contributed by atoms with van der Waals surface area (Å²) in [5.74, 6) is 0.361. The van der Waals surface area contributed by atoms with Crippen LogP contribution in [0.3, 0.4) is 0 Å². The molecule has 0 amide bonds. The summed E-state index contributed by atoms with van der Waals surface area (Å²) in [6.45, 7) is 0. The lowest BCUT2D eigenvalue weighted by Crippen LogP contribution is -1.94. The van der Waals surface area contributed by atoms with Crippen molar-refractivity contribution in [3.63, 3.8) is 0 Å². The summed E-state index contributed by atoms with van der Waals surface area (Å²) in [7, 11) is 0. The number of allylic oxidation sites excluding steroid dienone is 4. The summed E-state index contributed by atoms with van der Waals surface area (Å²) in [6, 6.07) is 10.2. The van der Waals surface area contributed by atoms with Crippen LogP contribution in [0.15, 0.2) is 68.5 Å². The van der Waals surface area contributed by atoms with Gasteiger partial charge in [-0.05, 0) is 18.6 Å². The van der Waals surface area contributed by atoms with E-state index < -0.39 is 0 Å². The van der Waals surface area contributed by atoms with Gasteiger partial charge in [0.25, 0.3) is 4.06 Å². The summed E-state index contributed by atoms with van der Waals surface area (Å²) in [6.07, 6.45) is 9.48. The molecule has 0 fully saturated rings. The van der Waals surface area contributed by atoms with E-state index in [1.165, 1.54) is 32.4 Å². The molecular weight excluding hydrogens is 292 g/mol. The zero-order chi connectivity index (χ0) is 13.1. The molecule has 1 aromatic heterocycles. The summed E-state index contributed by atoms with van der Waals surface area (Å²) in [5, 5.41) is 0. The van der Waals surface area contributed by atoms with Gasteiger partial charge in [0, 0.05) is 15.7 Å². The standard InChI is InChI=1S/C15H12OS3/c16-15-18-13(11-7-3-1-4-8-11)14(19-15)17-12-9-5-2-6-10-12/h1-7,9-11H,8H2. The van der Waals surface area contributed by atoms with Crippen LogP contribution in [-0.4, -0.2) is 0 Å². The van der Waals surface area contributed by atoms with Gasteiger partial charge >= 0.3 is 0 Å². The lowest BCUT2D eigenvalue weighted by Gasteiger charge is -2.12. The van der Waals surface area contributed by atoms with Crippen LogP contribution in [0.4, 0.5) is 0 Å². The third-order valence-electron chi connectivity index (χ3n) is 2.84. The van der Waals surface area contributed by atoms with Crippen molar-refractivity contribution < 1.29 is 0 Å². The third-order valence-corrected chi connectivity index (χ3v) is 6.48. The first kappa shape index (κ1) is 12.9. The van der Waals surface area contributed by atoms with Gasteiger partial charge in [-0.1, -0.05) is 76.9 Å². The van der Waals surface area contributed by atoms with Crippen molar-refractivity contribution in [3.8, 4) is 0 Å². The van der Waals surface area contributed by atoms with Crippen molar-refractivity contribution in [1.29, 1.82) is 0 Å². The Labute approximate surface area is 124 Å². The van der Waals surface area contributed by atoms with Gasteiger partial charge < -0.3 is 0 Å². The number of hydrogen-bond acceptors (Lipinski definition) is 4. The SMILES string of the molecule is O=c1sc(Sc2ccccc2)c(C2C=CC=CC2)s1. The fraction of sp³-hybridized carbons (Fsp3) is 0.133. The maximum absolute atomic E-state index is 11.7. The molecule has 1 unspecified atom stereocenters. The maximum Gasteiger partial charge on any atom is 0.288 e. The Balaban J connectivity index is 1.91. The normalized spacial score (nSPS) is 17.8. The van der Waals surface area contributed by atoms with Crippen molar-refractivity contribution in [2.75, 3.05) is 0 Å². The molecule has 0 aliphatic heterocycles. The molecule has 19 heavy (non-hydrogen) atoms. The molecule has 1 atom stereocenters. The molecule has 0 N–H and O–H groups in total. The summed E-state index contributed by atoms with van der Waals surface area (Å²) < 4.78 is 1.34. The van der Waals surface area contributed by atoms with Gasteiger partial charge in [0.1, 0.15) is 0 Å². The molecule has 1 heterocycles. The first-order valence-corrected chi connectivity index (χ1v) is 8.48. The van der Waals surface area contributed by atoms with Crippen molar-refractivity contribution in [2.24, 2.45) is 0 Å². The van der Waals surface area contributed by atoms with Gasteiger partial charge in [-0.2, -0.15) is 0 Å². The second-order valence-electron chi connectivity index (χ2n) is 4.18. The van der Waals surface area contributed by atoms with Gasteiger partial charge in [-0.25, -0.2) is 0 Å². The highest BCUT2D eigenvalue weighted by atomic mass is 32.2. The highest BCUT2D eigenvalue weighted by molar-refractivity contribution is 8.01. The van der Waals surface area contributed by atoms with E-state index in [2.05, 4.69) is 36.4 Å². The number of rotatable bonds is 3. The fourth-order valence-electron chi connectivity index (χ4n) is 1.95. The first-order chi connectivity index (χ1) is 9.33. The number of hydrogen-bond donors (Lipinski definition) is 0. The van der Waals surface area contributed by atoms with Gasteiger partial charge in [0.15, 0.2) is 0 Å². The highest BCUT2D eigenvalue weighted by Crippen LogP contribution is 2.40. The van der Waals surface area contributed by atoms with Crippen LogP contribution in [0.25, 0.3) is 0 Å². The Bertz CT molecular complexity index is 664. The average Bonchev–Trinajstić information content (AvgIpc) is 2.82.